The highest BCUT2D eigenvalue weighted by molar-refractivity contribution is 5.79. The lowest BCUT2D eigenvalue weighted by atomic mass is 10.00. The van der Waals surface area contributed by atoms with E-state index in [1.165, 1.54) is 0 Å². The lowest BCUT2D eigenvalue weighted by Gasteiger charge is -2.26. The smallest absolute Gasteiger partial charge is 0.227 e. The third-order valence-corrected chi connectivity index (χ3v) is 4.07. The second kappa shape index (κ2) is 6.75. The molecule has 4 nitrogen and oxygen atoms in total. The van der Waals surface area contributed by atoms with Crippen LogP contribution in [0.2, 0.25) is 0 Å². The van der Waals surface area contributed by atoms with Gasteiger partial charge in [-0.05, 0) is 44.5 Å². The third-order valence-electron chi connectivity index (χ3n) is 4.07. The largest absolute Gasteiger partial charge is 0.497 e. The number of hydrogen-bond donors (Lipinski definition) is 1. The predicted octanol–water partition coefficient (Wildman–Crippen LogP) is 2.04. The van der Waals surface area contributed by atoms with Crippen LogP contribution >= 0.6 is 0 Å². The number of hydrogen-bond acceptors (Lipinski definition) is 3. The minimum atomic E-state index is 0.119. The van der Waals surface area contributed by atoms with Crippen LogP contribution in [0.15, 0.2) is 24.3 Å². The van der Waals surface area contributed by atoms with Gasteiger partial charge in [0.1, 0.15) is 5.75 Å². The maximum Gasteiger partial charge on any atom is 0.227 e. The van der Waals surface area contributed by atoms with Gasteiger partial charge in [-0.2, -0.15) is 0 Å². The molecule has 2 rings (SSSR count). The Balaban J connectivity index is 2.02. The number of rotatable bonds is 5. The van der Waals surface area contributed by atoms with Crippen LogP contribution in [0.5, 0.6) is 5.75 Å². The zero-order chi connectivity index (χ0) is 14.5. The SMILES string of the molecule is CCN(Cc1ccc(OC)cc1)C(=O)C1CCNC1C. The van der Waals surface area contributed by atoms with Gasteiger partial charge in [0.15, 0.2) is 0 Å². The van der Waals surface area contributed by atoms with Crippen molar-refractivity contribution in [1.29, 1.82) is 0 Å². The maximum atomic E-state index is 12.6. The lowest BCUT2D eigenvalue weighted by molar-refractivity contribution is -0.136. The van der Waals surface area contributed by atoms with Crippen molar-refractivity contribution in [2.24, 2.45) is 5.92 Å². The second-order valence-corrected chi connectivity index (χ2v) is 5.34. The molecule has 0 aliphatic carbocycles. The van der Waals surface area contributed by atoms with Gasteiger partial charge in [0.05, 0.1) is 13.0 Å². The van der Waals surface area contributed by atoms with E-state index >= 15 is 0 Å². The Morgan fingerprint density at radius 2 is 2.10 bits per heavy atom. The summed E-state index contributed by atoms with van der Waals surface area (Å²) < 4.78 is 5.15. The van der Waals surface area contributed by atoms with E-state index in [1.54, 1.807) is 7.11 Å². The minimum Gasteiger partial charge on any atom is -0.497 e. The molecule has 2 unspecified atom stereocenters. The quantitative estimate of drug-likeness (QED) is 0.895. The molecule has 110 valence electrons. The Labute approximate surface area is 121 Å². The van der Waals surface area contributed by atoms with Gasteiger partial charge < -0.3 is 15.0 Å². The van der Waals surface area contributed by atoms with Crippen molar-refractivity contribution in [3.05, 3.63) is 29.8 Å². The molecule has 1 aromatic carbocycles. The van der Waals surface area contributed by atoms with Gasteiger partial charge in [-0.25, -0.2) is 0 Å². The van der Waals surface area contributed by atoms with Crippen LogP contribution in [0.3, 0.4) is 0 Å². The molecule has 1 fully saturated rings. The lowest BCUT2D eigenvalue weighted by Crippen LogP contribution is -2.39. The Morgan fingerprint density at radius 3 is 2.60 bits per heavy atom. The van der Waals surface area contributed by atoms with E-state index in [-0.39, 0.29) is 17.9 Å². The molecule has 1 saturated heterocycles. The molecule has 0 radical (unpaired) electrons. The van der Waals surface area contributed by atoms with Crippen molar-refractivity contribution in [3.8, 4) is 5.75 Å². The first-order chi connectivity index (χ1) is 9.65. The highest BCUT2D eigenvalue weighted by atomic mass is 16.5. The number of amides is 1. The highest BCUT2D eigenvalue weighted by Gasteiger charge is 2.32. The zero-order valence-electron chi connectivity index (χ0n) is 12.6. The van der Waals surface area contributed by atoms with Crippen LogP contribution in [0, 0.1) is 5.92 Å². The standard InChI is InChI=1S/C16H24N2O2/c1-4-18(16(19)15-9-10-17-12(15)2)11-13-5-7-14(20-3)8-6-13/h5-8,12,15,17H,4,9-11H2,1-3H3. The molecule has 1 aromatic rings. The second-order valence-electron chi connectivity index (χ2n) is 5.34. The van der Waals surface area contributed by atoms with Crippen molar-refractivity contribution in [1.82, 2.24) is 10.2 Å². The van der Waals surface area contributed by atoms with E-state index in [4.69, 9.17) is 4.74 Å². The van der Waals surface area contributed by atoms with Gasteiger partial charge in [0, 0.05) is 19.1 Å². The summed E-state index contributed by atoms with van der Waals surface area (Å²) >= 11 is 0. The van der Waals surface area contributed by atoms with E-state index in [1.807, 2.05) is 36.1 Å². The maximum absolute atomic E-state index is 12.6. The number of ether oxygens (including phenoxy) is 1. The number of nitrogens with zero attached hydrogens (tertiary/aromatic N) is 1. The Bertz CT molecular complexity index is 444. The summed E-state index contributed by atoms with van der Waals surface area (Å²) in [6.45, 7) is 6.49. The summed E-state index contributed by atoms with van der Waals surface area (Å²) in [6, 6.07) is 8.20. The topological polar surface area (TPSA) is 41.6 Å². The third kappa shape index (κ3) is 3.31. The molecular weight excluding hydrogens is 252 g/mol. The number of benzene rings is 1. The molecule has 0 bridgehead atoms. The van der Waals surface area contributed by atoms with Crippen molar-refractivity contribution >= 4 is 5.91 Å². The molecule has 0 aromatic heterocycles. The summed E-state index contributed by atoms with van der Waals surface area (Å²) in [4.78, 5) is 14.5. The van der Waals surface area contributed by atoms with E-state index in [0.717, 1.165) is 30.8 Å². The predicted molar refractivity (Wildman–Crippen MR) is 79.7 cm³/mol. The van der Waals surface area contributed by atoms with Crippen LogP contribution in [0.25, 0.3) is 0 Å². The van der Waals surface area contributed by atoms with E-state index in [2.05, 4.69) is 12.2 Å². The summed E-state index contributed by atoms with van der Waals surface area (Å²) in [5, 5.41) is 3.34. The molecule has 4 heteroatoms. The van der Waals surface area contributed by atoms with E-state index < -0.39 is 0 Å². The normalized spacial score (nSPS) is 21.8. The molecule has 2 atom stereocenters. The fourth-order valence-electron chi connectivity index (χ4n) is 2.73. The van der Waals surface area contributed by atoms with Crippen molar-refractivity contribution in [2.45, 2.75) is 32.9 Å². The summed E-state index contributed by atoms with van der Waals surface area (Å²) in [5.74, 6) is 1.23. The molecule has 20 heavy (non-hydrogen) atoms. The van der Waals surface area contributed by atoms with Gasteiger partial charge in [-0.3, -0.25) is 4.79 Å². The van der Waals surface area contributed by atoms with Crippen LogP contribution in [0.1, 0.15) is 25.8 Å². The van der Waals surface area contributed by atoms with Crippen molar-refractivity contribution in [3.63, 3.8) is 0 Å². The highest BCUT2D eigenvalue weighted by Crippen LogP contribution is 2.20. The van der Waals surface area contributed by atoms with Gasteiger partial charge in [-0.1, -0.05) is 12.1 Å². The van der Waals surface area contributed by atoms with Gasteiger partial charge in [0.25, 0.3) is 0 Å². The van der Waals surface area contributed by atoms with Crippen LogP contribution in [-0.2, 0) is 11.3 Å². The summed E-state index contributed by atoms with van der Waals surface area (Å²) in [6.07, 6.45) is 0.944. The molecule has 1 N–H and O–H groups in total. The summed E-state index contributed by atoms with van der Waals surface area (Å²) in [5.41, 5.74) is 1.14. The van der Waals surface area contributed by atoms with Gasteiger partial charge >= 0.3 is 0 Å². The number of carbonyl (C=O) groups is 1. The zero-order valence-corrected chi connectivity index (χ0v) is 12.6. The van der Waals surface area contributed by atoms with Gasteiger partial charge in [0.2, 0.25) is 5.91 Å². The first-order valence-corrected chi connectivity index (χ1v) is 7.30. The van der Waals surface area contributed by atoms with Crippen molar-refractivity contribution < 1.29 is 9.53 Å². The van der Waals surface area contributed by atoms with Crippen LogP contribution < -0.4 is 10.1 Å². The Hall–Kier alpha value is -1.55. The van der Waals surface area contributed by atoms with E-state index in [9.17, 15) is 4.79 Å². The molecule has 1 amide bonds. The molecule has 0 spiro atoms. The number of carbonyl (C=O) groups excluding carboxylic acids is 1. The summed E-state index contributed by atoms with van der Waals surface area (Å²) in [7, 11) is 1.66. The fraction of sp³-hybridized carbons (Fsp3) is 0.562. The molecule has 1 aliphatic heterocycles. The van der Waals surface area contributed by atoms with Crippen molar-refractivity contribution in [2.75, 3.05) is 20.2 Å². The average molecular weight is 276 g/mol. The average Bonchev–Trinajstić information content (AvgIpc) is 2.91. The first-order valence-electron chi connectivity index (χ1n) is 7.30. The molecule has 0 saturated carbocycles. The Kier molecular flexibility index (Phi) is 5.01. The van der Waals surface area contributed by atoms with E-state index in [0.29, 0.717) is 6.54 Å². The monoisotopic (exact) mass is 276 g/mol. The van der Waals surface area contributed by atoms with Crippen LogP contribution in [-0.4, -0.2) is 37.0 Å². The Morgan fingerprint density at radius 1 is 1.40 bits per heavy atom. The fourth-order valence-corrected chi connectivity index (χ4v) is 2.73. The minimum absolute atomic E-state index is 0.119. The first kappa shape index (κ1) is 14.9. The molecular formula is C16H24N2O2. The van der Waals surface area contributed by atoms with Gasteiger partial charge in [-0.15, -0.1) is 0 Å². The number of nitrogens with one attached hydrogen (secondary N) is 1. The number of methoxy groups -OCH3 is 1. The molecule has 1 heterocycles. The molecule has 1 aliphatic rings. The van der Waals surface area contributed by atoms with Crippen LogP contribution in [0.4, 0.5) is 0 Å².